The van der Waals surface area contributed by atoms with Gasteiger partial charge in [-0.05, 0) is 37.4 Å². The lowest BCUT2D eigenvalue weighted by molar-refractivity contribution is -0.120. The SMILES string of the molecule is O=C(CN1CCCCC1CN1CCOCC1)N1CCc2ccccc21. The molecule has 1 amide bonds. The largest absolute Gasteiger partial charge is 0.379 e. The molecule has 25 heavy (non-hydrogen) atoms. The molecular weight excluding hydrogens is 314 g/mol. The van der Waals surface area contributed by atoms with E-state index in [-0.39, 0.29) is 5.91 Å². The van der Waals surface area contributed by atoms with Crippen LogP contribution in [0.25, 0.3) is 0 Å². The standard InChI is InChI=1S/C20H29N3O2/c24-20(23-10-8-17-5-1-2-7-19(17)23)16-22-9-4-3-6-18(22)15-21-11-13-25-14-12-21/h1-2,5,7,18H,3-4,6,8-16H2. The van der Waals surface area contributed by atoms with E-state index in [0.717, 1.165) is 58.0 Å². The Bertz CT molecular complexity index is 600. The highest BCUT2D eigenvalue weighted by Crippen LogP contribution is 2.28. The maximum Gasteiger partial charge on any atom is 0.241 e. The number of ether oxygens (including phenoxy) is 1. The van der Waals surface area contributed by atoms with Crippen LogP contribution in [0.2, 0.25) is 0 Å². The fraction of sp³-hybridized carbons (Fsp3) is 0.650. The van der Waals surface area contributed by atoms with Crippen LogP contribution in [-0.4, -0.2) is 74.2 Å². The van der Waals surface area contributed by atoms with E-state index in [4.69, 9.17) is 4.74 Å². The lowest BCUT2D eigenvalue weighted by atomic mass is 10.0. The van der Waals surface area contributed by atoms with E-state index in [2.05, 4.69) is 28.0 Å². The average Bonchev–Trinajstić information content (AvgIpc) is 3.08. The highest BCUT2D eigenvalue weighted by atomic mass is 16.5. The van der Waals surface area contributed by atoms with Gasteiger partial charge in [-0.2, -0.15) is 0 Å². The Kier molecular flexibility index (Phi) is 5.34. The number of hydrogen-bond acceptors (Lipinski definition) is 4. The molecule has 136 valence electrons. The number of amides is 1. The Hall–Kier alpha value is -1.43. The van der Waals surface area contributed by atoms with Gasteiger partial charge in [-0.1, -0.05) is 24.6 Å². The summed E-state index contributed by atoms with van der Waals surface area (Å²) in [6.45, 7) is 7.26. The molecule has 0 N–H and O–H groups in total. The van der Waals surface area contributed by atoms with Crippen LogP contribution in [0.1, 0.15) is 24.8 Å². The normalized spacial score (nSPS) is 25.1. The number of morpholine rings is 1. The van der Waals surface area contributed by atoms with Crippen molar-refractivity contribution in [2.24, 2.45) is 0 Å². The molecule has 0 aromatic heterocycles. The zero-order chi connectivity index (χ0) is 17.1. The van der Waals surface area contributed by atoms with Crippen LogP contribution in [0.3, 0.4) is 0 Å². The van der Waals surface area contributed by atoms with Crippen LogP contribution in [0.4, 0.5) is 5.69 Å². The fourth-order valence-corrected chi connectivity index (χ4v) is 4.41. The topological polar surface area (TPSA) is 36.0 Å². The van der Waals surface area contributed by atoms with Gasteiger partial charge in [0, 0.05) is 37.9 Å². The number of rotatable bonds is 4. The van der Waals surface area contributed by atoms with Gasteiger partial charge >= 0.3 is 0 Å². The molecule has 3 heterocycles. The van der Waals surface area contributed by atoms with E-state index in [1.165, 1.54) is 24.8 Å². The van der Waals surface area contributed by atoms with Crippen molar-refractivity contribution in [3.05, 3.63) is 29.8 Å². The van der Waals surface area contributed by atoms with Crippen molar-refractivity contribution in [3.63, 3.8) is 0 Å². The number of benzene rings is 1. The molecule has 1 aromatic carbocycles. The summed E-state index contributed by atoms with van der Waals surface area (Å²) in [5.41, 5.74) is 2.42. The van der Waals surface area contributed by atoms with Crippen molar-refractivity contribution in [3.8, 4) is 0 Å². The maximum atomic E-state index is 13.0. The third kappa shape index (κ3) is 3.89. The lowest BCUT2D eigenvalue weighted by Crippen LogP contribution is -2.52. The number of carbonyl (C=O) groups is 1. The van der Waals surface area contributed by atoms with Crippen molar-refractivity contribution in [2.75, 3.05) is 57.4 Å². The van der Waals surface area contributed by atoms with Crippen LogP contribution in [0.15, 0.2) is 24.3 Å². The molecule has 5 nitrogen and oxygen atoms in total. The second kappa shape index (κ2) is 7.85. The molecule has 4 rings (SSSR count). The first-order valence-electron chi connectivity index (χ1n) is 9.74. The van der Waals surface area contributed by atoms with Crippen LogP contribution >= 0.6 is 0 Å². The molecule has 0 saturated carbocycles. The van der Waals surface area contributed by atoms with Crippen LogP contribution in [0, 0.1) is 0 Å². The van der Waals surface area contributed by atoms with Crippen molar-refractivity contribution in [1.29, 1.82) is 0 Å². The second-order valence-electron chi connectivity index (χ2n) is 7.46. The molecule has 0 radical (unpaired) electrons. The summed E-state index contributed by atoms with van der Waals surface area (Å²) < 4.78 is 5.47. The summed E-state index contributed by atoms with van der Waals surface area (Å²) in [7, 11) is 0. The monoisotopic (exact) mass is 343 g/mol. The van der Waals surface area contributed by atoms with Gasteiger partial charge in [-0.25, -0.2) is 0 Å². The summed E-state index contributed by atoms with van der Waals surface area (Å²) in [6.07, 6.45) is 4.69. The molecule has 0 bridgehead atoms. The molecule has 1 atom stereocenters. The van der Waals surface area contributed by atoms with Crippen molar-refractivity contribution in [1.82, 2.24) is 9.80 Å². The van der Waals surface area contributed by atoms with Gasteiger partial charge in [-0.15, -0.1) is 0 Å². The average molecular weight is 343 g/mol. The van der Waals surface area contributed by atoms with Gasteiger partial charge in [0.15, 0.2) is 0 Å². The van der Waals surface area contributed by atoms with Crippen molar-refractivity contribution >= 4 is 11.6 Å². The number of piperidine rings is 1. The molecule has 0 spiro atoms. The third-order valence-electron chi connectivity index (χ3n) is 5.85. The first kappa shape index (κ1) is 17.0. The molecule has 3 aliphatic rings. The number of nitrogens with zero attached hydrogens (tertiary/aromatic N) is 3. The first-order valence-corrected chi connectivity index (χ1v) is 9.74. The highest BCUT2D eigenvalue weighted by Gasteiger charge is 2.30. The molecule has 2 saturated heterocycles. The number of carbonyl (C=O) groups excluding carboxylic acids is 1. The summed E-state index contributed by atoms with van der Waals surface area (Å²) in [6, 6.07) is 8.84. The quantitative estimate of drug-likeness (QED) is 0.835. The molecule has 5 heteroatoms. The van der Waals surface area contributed by atoms with Crippen LogP contribution in [0.5, 0.6) is 0 Å². The van der Waals surface area contributed by atoms with Crippen molar-refractivity contribution < 1.29 is 9.53 Å². The van der Waals surface area contributed by atoms with E-state index < -0.39 is 0 Å². The minimum Gasteiger partial charge on any atom is -0.379 e. The molecule has 1 aromatic rings. The Labute approximate surface area is 150 Å². The van der Waals surface area contributed by atoms with Gasteiger partial charge in [0.1, 0.15) is 0 Å². The van der Waals surface area contributed by atoms with E-state index in [1.54, 1.807) is 0 Å². The predicted octanol–water partition coefficient (Wildman–Crippen LogP) is 1.76. The molecule has 3 aliphatic heterocycles. The van der Waals surface area contributed by atoms with Crippen LogP contribution < -0.4 is 4.90 Å². The van der Waals surface area contributed by atoms with E-state index in [0.29, 0.717) is 12.6 Å². The second-order valence-corrected chi connectivity index (χ2v) is 7.46. The van der Waals surface area contributed by atoms with Gasteiger partial charge in [0.2, 0.25) is 5.91 Å². The summed E-state index contributed by atoms with van der Waals surface area (Å²) in [5, 5.41) is 0. The number of likely N-dealkylation sites (tertiary alicyclic amines) is 1. The third-order valence-corrected chi connectivity index (χ3v) is 5.85. The summed E-state index contributed by atoms with van der Waals surface area (Å²) in [4.78, 5) is 19.9. The zero-order valence-electron chi connectivity index (χ0n) is 15.0. The summed E-state index contributed by atoms with van der Waals surface area (Å²) >= 11 is 0. The Morgan fingerprint density at radius 1 is 1.08 bits per heavy atom. The first-order chi connectivity index (χ1) is 12.3. The number of hydrogen-bond donors (Lipinski definition) is 0. The lowest BCUT2D eigenvalue weighted by Gasteiger charge is -2.39. The predicted molar refractivity (Wildman–Crippen MR) is 99.0 cm³/mol. The zero-order valence-corrected chi connectivity index (χ0v) is 15.0. The highest BCUT2D eigenvalue weighted by molar-refractivity contribution is 5.96. The smallest absolute Gasteiger partial charge is 0.241 e. The molecule has 1 unspecified atom stereocenters. The van der Waals surface area contributed by atoms with E-state index in [9.17, 15) is 4.79 Å². The molecular formula is C20H29N3O2. The Balaban J connectivity index is 1.38. The van der Waals surface area contributed by atoms with E-state index >= 15 is 0 Å². The minimum atomic E-state index is 0.263. The molecule has 2 fully saturated rings. The number of para-hydroxylation sites is 1. The van der Waals surface area contributed by atoms with Crippen LogP contribution in [-0.2, 0) is 16.0 Å². The maximum absolute atomic E-state index is 13.0. The number of fused-ring (bicyclic) bond motifs is 1. The Morgan fingerprint density at radius 2 is 1.92 bits per heavy atom. The summed E-state index contributed by atoms with van der Waals surface area (Å²) in [5.74, 6) is 0.263. The molecule has 0 aliphatic carbocycles. The number of anilines is 1. The Morgan fingerprint density at radius 3 is 2.80 bits per heavy atom. The van der Waals surface area contributed by atoms with Gasteiger partial charge in [0.25, 0.3) is 0 Å². The van der Waals surface area contributed by atoms with E-state index in [1.807, 2.05) is 11.0 Å². The van der Waals surface area contributed by atoms with Gasteiger partial charge in [-0.3, -0.25) is 14.6 Å². The minimum absolute atomic E-state index is 0.263. The fourth-order valence-electron chi connectivity index (χ4n) is 4.41. The van der Waals surface area contributed by atoms with Gasteiger partial charge < -0.3 is 9.64 Å². The van der Waals surface area contributed by atoms with Crippen molar-refractivity contribution in [2.45, 2.75) is 31.7 Å². The van der Waals surface area contributed by atoms with Gasteiger partial charge in [0.05, 0.1) is 19.8 Å².